The van der Waals surface area contributed by atoms with Crippen molar-refractivity contribution in [2.45, 2.75) is 13.5 Å². The van der Waals surface area contributed by atoms with E-state index < -0.39 is 0 Å². The molecule has 1 aromatic carbocycles. The molecule has 0 unspecified atom stereocenters. The molecular weight excluding hydrogens is 310 g/mol. The van der Waals surface area contributed by atoms with Crippen LogP contribution in [0.4, 0.5) is 0 Å². The average molecular weight is 331 g/mol. The maximum Gasteiger partial charge on any atom is 0.254 e. The molecule has 0 saturated carbocycles. The summed E-state index contributed by atoms with van der Waals surface area (Å²) in [6, 6.07) is 7.35. The fourth-order valence-corrected chi connectivity index (χ4v) is 3.53. The SMILES string of the molecule is COc1cccc(C(=O)N2CCN(Cc3nc(C)cs3)CC2)c1. The fourth-order valence-electron chi connectivity index (χ4n) is 2.71. The Hall–Kier alpha value is -1.92. The number of benzene rings is 1. The number of piperazine rings is 1. The Morgan fingerprint density at radius 2 is 2.09 bits per heavy atom. The van der Waals surface area contributed by atoms with Crippen molar-refractivity contribution in [3.8, 4) is 5.75 Å². The molecule has 2 aromatic rings. The normalized spacial score (nSPS) is 15.7. The van der Waals surface area contributed by atoms with Crippen molar-refractivity contribution in [2.24, 2.45) is 0 Å². The summed E-state index contributed by atoms with van der Waals surface area (Å²) >= 11 is 1.70. The molecule has 1 saturated heterocycles. The number of carbonyl (C=O) groups is 1. The Morgan fingerprint density at radius 3 is 2.74 bits per heavy atom. The molecule has 0 radical (unpaired) electrons. The van der Waals surface area contributed by atoms with Crippen LogP contribution in [0.5, 0.6) is 5.75 Å². The van der Waals surface area contributed by atoms with E-state index in [0.29, 0.717) is 11.3 Å². The number of thiazole rings is 1. The van der Waals surface area contributed by atoms with Gasteiger partial charge in [0, 0.05) is 42.8 Å². The first-order valence-corrected chi connectivity index (χ1v) is 8.60. The third-order valence-corrected chi connectivity index (χ3v) is 4.95. The minimum Gasteiger partial charge on any atom is -0.497 e. The van der Waals surface area contributed by atoms with Crippen molar-refractivity contribution < 1.29 is 9.53 Å². The van der Waals surface area contributed by atoms with Crippen molar-refractivity contribution in [1.82, 2.24) is 14.8 Å². The highest BCUT2D eigenvalue weighted by molar-refractivity contribution is 7.09. The van der Waals surface area contributed by atoms with Gasteiger partial charge in [-0.1, -0.05) is 6.07 Å². The molecule has 6 heteroatoms. The molecule has 1 amide bonds. The molecule has 0 atom stereocenters. The fraction of sp³-hybridized carbons (Fsp3) is 0.412. The highest BCUT2D eigenvalue weighted by Crippen LogP contribution is 2.17. The van der Waals surface area contributed by atoms with Gasteiger partial charge >= 0.3 is 0 Å². The van der Waals surface area contributed by atoms with E-state index in [9.17, 15) is 4.79 Å². The Labute approximate surface area is 140 Å². The van der Waals surface area contributed by atoms with Gasteiger partial charge in [-0.2, -0.15) is 0 Å². The number of ether oxygens (including phenoxy) is 1. The summed E-state index contributed by atoms with van der Waals surface area (Å²) in [5.74, 6) is 0.794. The van der Waals surface area contributed by atoms with E-state index >= 15 is 0 Å². The van der Waals surface area contributed by atoms with Gasteiger partial charge in [-0.25, -0.2) is 4.98 Å². The quantitative estimate of drug-likeness (QED) is 0.863. The lowest BCUT2D eigenvalue weighted by molar-refractivity contribution is 0.0628. The number of carbonyl (C=O) groups excluding carboxylic acids is 1. The van der Waals surface area contributed by atoms with Gasteiger partial charge in [0.1, 0.15) is 10.8 Å². The van der Waals surface area contributed by atoms with Gasteiger partial charge in [0.15, 0.2) is 0 Å². The molecular formula is C17H21N3O2S. The van der Waals surface area contributed by atoms with Crippen LogP contribution in [0.1, 0.15) is 21.1 Å². The van der Waals surface area contributed by atoms with Gasteiger partial charge in [-0.15, -0.1) is 11.3 Å². The van der Waals surface area contributed by atoms with E-state index in [-0.39, 0.29) is 5.91 Å². The van der Waals surface area contributed by atoms with Crippen LogP contribution in [0.2, 0.25) is 0 Å². The van der Waals surface area contributed by atoms with E-state index in [0.717, 1.165) is 43.4 Å². The highest BCUT2D eigenvalue weighted by atomic mass is 32.1. The topological polar surface area (TPSA) is 45.7 Å². The van der Waals surface area contributed by atoms with E-state index in [4.69, 9.17) is 4.74 Å². The molecule has 2 heterocycles. The zero-order valence-electron chi connectivity index (χ0n) is 13.5. The molecule has 1 aromatic heterocycles. The summed E-state index contributed by atoms with van der Waals surface area (Å²) < 4.78 is 5.19. The van der Waals surface area contributed by atoms with Gasteiger partial charge in [-0.3, -0.25) is 9.69 Å². The zero-order chi connectivity index (χ0) is 16.2. The van der Waals surface area contributed by atoms with Crippen molar-refractivity contribution in [3.63, 3.8) is 0 Å². The van der Waals surface area contributed by atoms with E-state index in [2.05, 4.69) is 15.3 Å². The van der Waals surface area contributed by atoms with Gasteiger partial charge in [0.05, 0.1) is 13.7 Å². The van der Waals surface area contributed by atoms with Crippen molar-refractivity contribution in [2.75, 3.05) is 33.3 Å². The van der Waals surface area contributed by atoms with Gasteiger partial charge in [-0.05, 0) is 25.1 Å². The summed E-state index contributed by atoms with van der Waals surface area (Å²) in [7, 11) is 1.61. The largest absolute Gasteiger partial charge is 0.497 e. The van der Waals surface area contributed by atoms with Crippen LogP contribution in [0.15, 0.2) is 29.6 Å². The number of hydrogen-bond acceptors (Lipinski definition) is 5. The Kier molecular flexibility index (Phi) is 4.93. The molecule has 0 N–H and O–H groups in total. The molecule has 1 aliphatic heterocycles. The number of nitrogens with zero attached hydrogens (tertiary/aromatic N) is 3. The molecule has 1 fully saturated rings. The number of aryl methyl sites for hydroxylation is 1. The van der Waals surface area contributed by atoms with Crippen LogP contribution >= 0.6 is 11.3 Å². The maximum atomic E-state index is 12.6. The Bertz CT molecular complexity index is 678. The van der Waals surface area contributed by atoms with E-state index in [1.54, 1.807) is 24.5 Å². The monoisotopic (exact) mass is 331 g/mol. The second-order valence-electron chi connectivity index (χ2n) is 5.68. The predicted octanol–water partition coefficient (Wildman–Crippen LogP) is 2.42. The van der Waals surface area contributed by atoms with Crippen LogP contribution in [-0.4, -0.2) is 54.0 Å². The van der Waals surface area contributed by atoms with Crippen molar-refractivity contribution >= 4 is 17.2 Å². The van der Waals surface area contributed by atoms with Crippen molar-refractivity contribution in [1.29, 1.82) is 0 Å². The molecule has 5 nitrogen and oxygen atoms in total. The first kappa shape index (κ1) is 16.0. The number of amides is 1. The predicted molar refractivity (Wildman–Crippen MR) is 91.0 cm³/mol. The maximum absolute atomic E-state index is 12.6. The number of methoxy groups -OCH3 is 1. The number of hydrogen-bond donors (Lipinski definition) is 0. The first-order chi connectivity index (χ1) is 11.2. The van der Waals surface area contributed by atoms with E-state index in [1.807, 2.05) is 30.0 Å². The van der Waals surface area contributed by atoms with Crippen molar-refractivity contribution in [3.05, 3.63) is 45.9 Å². The van der Waals surface area contributed by atoms with Gasteiger partial charge in [0.25, 0.3) is 5.91 Å². The minimum atomic E-state index is 0.0774. The summed E-state index contributed by atoms with van der Waals surface area (Å²) in [4.78, 5) is 21.4. The Balaban J connectivity index is 1.56. The molecule has 0 spiro atoms. The molecule has 122 valence electrons. The summed E-state index contributed by atoms with van der Waals surface area (Å²) in [6.07, 6.45) is 0. The molecule has 0 aliphatic carbocycles. The third-order valence-electron chi connectivity index (χ3n) is 4.00. The van der Waals surface area contributed by atoms with Crippen LogP contribution in [0.3, 0.4) is 0 Å². The first-order valence-electron chi connectivity index (χ1n) is 7.72. The number of rotatable bonds is 4. The van der Waals surface area contributed by atoms with Crippen LogP contribution in [0.25, 0.3) is 0 Å². The molecule has 23 heavy (non-hydrogen) atoms. The summed E-state index contributed by atoms with van der Waals surface area (Å²) in [5, 5.41) is 3.23. The van der Waals surface area contributed by atoms with Gasteiger partial charge < -0.3 is 9.64 Å². The lowest BCUT2D eigenvalue weighted by Gasteiger charge is -2.34. The highest BCUT2D eigenvalue weighted by Gasteiger charge is 2.22. The number of aromatic nitrogens is 1. The smallest absolute Gasteiger partial charge is 0.254 e. The minimum absolute atomic E-state index is 0.0774. The summed E-state index contributed by atoms with van der Waals surface area (Å²) in [6.45, 7) is 6.16. The second kappa shape index (κ2) is 7.10. The van der Waals surface area contributed by atoms with Crippen LogP contribution in [-0.2, 0) is 6.54 Å². The lowest BCUT2D eigenvalue weighted by atomic mass is 10.1. The second-order valence-corrected chi connectivity index (χ2v) is 6.63. The standard InChI is InChI=1S/C17H21N3O2S/c1-13-12-23-16(18-13)11-19-6-8-20(9-7-19)17(21)14-4-3-5-15(10-14)22-2/h3-5,10,12H,6-9,11H2,1-2H3. The molecule has 1 aliphatic rings. The molecule has 0 bridgehead atoms. The Morgan fingerprint density at radius 1 is 1.30 bits per heavy atom. The average Bonchev–Trinajstić information content (AvgIpc) is 3.00. The molecule has 3 rings (SSSR count). The van der Waals surface area contributed by atoms with E-state index in [1.165, 1.54) is 0 Å². The van der Waals surface area contributed by atoms with Crippen LogP contribution in [0, 0.1) is 6.92 Å². The summed E-state index contributed by atoms with van der Waals surface area (Å²) in [5.41, 5.74) is 1.77. The third kappa shape index (κ3) is 3.89. The zero-order valence-corrected chi connectivity index (χ0v) is 14.3. The van der Waals surface area contributed by atoms with Gasteiger partial charge in [0.2, 0.25) is 0 Å². The van der Waals surface area contributed by atoms with Crippen LogP contribution < -0.4 is 4.74 Å². The lowest BCUT2D eigenvalue weighted by Crippen LogP contribution is -2.48.